The summed E-state index contributed by atoms with van der Waals surface area (Å²) in [5.41, 5.74) is 4.70. The van der Waals surface area contributed by atoms with Crippen molar-refractivity contribution in [3.8, 4) is 11.5 Å². The number of ether oxygens (including phenoxy) is 2. The summed E-state index contributed by atoms with van der Waals surface area (Å²) < 4.78 is 10.8. The fourth-order valence-electron chi connectivity index (χ4n) is 1.66. The molecule has 0 aliphatic heterocycles. The number of carbonyl (C=O) groups excluding carboxylic acids is 2. The first-order valence-corrected chi connectivity index (χ1v) is 7.77. The van der Waals surface area contributed by atoms with E-state index in [1.807, 2.05) is 27.7 Å². The summed E-state index contributed by atoms with van der Waals surface area (Å²) in [7, 11) is 1.52. The van der Waals surface area contributed by atoms with Crippen molar-refractivity contribution >= 4 is 11.8 Å². The Morgan fingerprint density at radius 3 is 2.39 bits per heavy atom. The number of rotatable bonds is 7. The molecule has 23 heavy (non-hydrogen) atoms. The van der Waals surface area contributed by atoms with Gasteiger partial charge in [-0.25, -0.2) is 0 Å². The van der Waals surface area contributed by atoms with E-state index in [1.54, 1.807) is 18.2 Å². The Bertz CT molecular complexity index is 556. The van der Waals surface area contributed by atoms with Gasteiger partial charge in [0.05, 0.1) is 13.7 Å². The minimum Gasteiger partial charge on any atom is -0.493 e. The molecule has 6 nitrogen and oxygen atoms in total. The van der Waals surface area contributed by atoms with Crippen LogP contribution in [0.3, 0.4) is 0 Å². The molecular weight excluding hydrogens is 296 g/mol. The highest BCUT2D eigenvalue weighted by atomic mass is 16.5. The van der Waals surface area contributed by atoms with Gasteiger partial charge in [0.2, 0.25) is 5.91 Å². The minimum absolute atomic E-state index is 0.233. The monoisotopic (exact) mass is 322 g/mol. The number of methoxy groups -OCH3 is 1. The molecule has 0 aromatic heterocycles. The van der Waals surface area contributed by atoms with Crippen molar-refractivity contribution in [3.63, 3.8) is 0 Å². The Morgan fingerprint density at radius 1 is 1.13 bits per heavy atom. The van der Waals surface area contributed by atoms with Crippen LogP contribution in [0.5, 0.6) is 11.5 Å². The molecule has 0 aliphatic carbocycles. The van der Waals surface area contributed by atoms with Crippen molar-refractivity contribution < 1.29 is 19.1 Å². The van der Waals surface area contributed by atoms with E-state index in [2.05, 4.69) is 10.9 Å². The van der Waals surface area contributed by atoms with Crippen LogP contribution in [0, 0.1) is 5.41 Å². The number of hydrazine groups is 1. The van der Waals surface area contributed by atoms with Crippen LogP contribution in [0.15, 0.2) is 18.2 Å². The average molecular weight is 322 g/mol. The SMILES string of the molecule is CCCOc1ccc(C(=O)NNC(=O)C(C)(C)CC)cc1OC. The third kappa shape index (κ3) is 5.16. The minimum atomic E-state index is -0.539. The van der Waals surface area contributed by atoms with E-state index in [1.165, 1.54) is 7.11 Å². The van der Waals surface area contributed by atoms with Gasteiger partial charge >= 0.3 is 0 Å². The number of nitrogens with one attached hydrogen (secondary N) is 2. The number of hydrogen-bond acceptors (Lipinski definition) is 4. The Kier molecular flexibility index (Phi) is 6.88. The van der Waals surface area contributed by atoms with E-state index in [9.17, 15) is 9.59 Å². The number of carbonyl (C=O) groups is 2. The fraction of sp³-hybridized carbons (Fsp3) is 0.529. The van der Waals surface area contributed by atoms with E-state index in [-0.39, 0.29) is 5.91 Å². The van der Waals surface area contributed by atoms with Gasteiger partial charge in [-0.15, -0.1) is 0 Å². The van der Waals surface area contributed by atoms with E-state index in [0.29, 0.717) is 30.1 Å². The topological polar surface area (TPSA) is 76.7 Å². The maximum absolute atomic E-state index is 12.1. The maximum Gasteiger partial charge on any atom is 0.269 e. The second-order valence-corrected chi connectivity index (χ2v) is 5.86. The van der Waals surface area contributed by atoms with Gasteiger partial charge in [0.25, 0.3) is 5.91 Å². The largest absolute Gasteiger partial charge is 0.493 e. The fourth-order valence-corrected chi connectivity index (χ4v) is 1.66. The zero-order chi connectivity index (χ0) is 17.5. The summed E-state index contributed by atoms with van der Waals surface area (Å²) in [6, 6.07) is 4.89. The predicted octanol–water partition coefficient (Wildman–Crippen LogP) is 2.68. The number of benzene rings is 1. The van der Waals surface area contributed by atoms with Crippen molar-refractivity contribution in [2.75, 3.05) is 13.7 Å². The molecule has 1 rings (SSSR count). The van der Waals surface area contributed by atoms with Gasteiger partial charge in [-0.05, 0) is 31.0 Å². The summed E-state index contributed by atoms with van der Waals surface area (Å²) in [6.45, 7) is 8.13. The van der Waals surface area contributed by atoms with Crippen LogP contribution < -0.4 is 20.3 Å². The van der Waals surface area contributed by atoms with E-state index < -0.39 is 11.3 Å². The third-order valence-corrected chi connectivity index (χ3v) is 3.68. The molecule has 1 aromatic rings. The first-order chi connectivity index (χ1) is 10.9. The van der Waals surface area contributed by atoms with Gasteiger partial charge in [-0.2, -0.15) is 0 Å². The van der Waals surface area contributed by atoms with Crippen LogP contribution in [0.2, 0.25) is 0 Å². The second kappa shape index (κ2) is 8.41. The van der Waals surface area contributed by atoms with Crippen molar-refractivity contribution in [3.05, 3.63) is 23.8 Å². The highest BCUT2D eigenvalue weighted by Crippen LogP contribution is 2.28. The van der Waals surface area contributed by atoms with Crippen LogP contribution in [0.4, 0.5) is 0 Å². The van der Waals surface area contributed by atoms with Gasteiger partial charge in [0.1, 0.15) is 0 Å². The van der Waals surface area contributed by atoms with Crippen LogP contribution in [0.25, 0.3) is 0 Å². The Morgan fingerprint density at radius 2 is 1.83 bits per heavy atom. The molecule has 0 radical (unpaired) electrons. The lowest BCUT2D eigenvalue weighted by molar-refractivity contribution is -0.130. The van der Waals surface area contributed by atoms with Crippen molar-refractivity contribution in [1.82, 2.24) is 10.9 Å². The molecule has 1 aromatic carbocycles. The molecule has 0 aliphatic rings. The Hall–Kier alpha value is -2.24. The van der Waals surface area contributed by atoms with Crippen molar-refractivity contribution in [2.24, 2.45) is 5.41 Å². The highest BCUT2D eigenvalue weighted by Gasteiger charge is 2.25. The molecule has 0 bridgehead atoms. The lowest BCUT2D eigenvalue weighted by Crippen LogP contribution is -2.47. The van der Waals surface area contributed by atoms with Gasteiger partial charge in [0, 0.05) is 11.0 Å². The van der Waals surface area contributed by atoms with Crippen LogP contribution in [0.1, 0.15) is 50.9 Å². The van der Waals surface area contributed by atoms with Gasteiger partial charge < -0.3 is 9.47 Å². The van der Waals surface area contributed by atoms with E-state index >= 15 is 0 Å². The van der Waals surface area contributed by atoms with Gasteiger partial charge in [-0.1, -0.05) is 27.7 Å². The standard InChI is InChI=1S/C17H26N2O4/c1-6-10-23-13-9-8-12(11-14(13)22-5)15(20)18-19-16(21)17(3,4)7-2/h8-9,11H,6-7,10H2,1-5H3,(H,18,20)(H,19,21). The smallest absolute Gasteiger partial charge is 0.269 e. The molecule has 0 fully saturated rings. The maximum atomic E-state index is 12.1. The molecule has 0 unspecified atom stereocenters. The summed E-state index contributed by atoms with van der Waals surface area (Å²) in [5, 5.41) is 0. The molecule has 6 heteroatoms. The second-order valence-electron chi connectivity index (χ2n) is 5.86. The average Bonchev–Trinajstić information content (AvgIpc) is 2.57. The summed E-state index contributed by atoms with van der Waals surface area (Å²) in [5.74, 6) is 0.419. The van der Waals surface area contributed by atoms with Gasteiger partial charge in [-0.3, -0.25) is 20.4 Å². The lowest BCUT2D eigenvalue weighted by Gasteiger charge is -2.21. The summed E-state index contributed by atoms with van der Waals surface area (Å²) in [6.07, 6.45) is 1.55. The van der Waals surface area contributed by atoms with E-state index in [0.717, 1.165) is 6.42 Å². The Labute approximate surface area is 137 Å². The molecule has 0 saturated carbocycles. The number of amides is 2. The predicted molar refractivity (Wildman–Crippen MR) is 88.5 cm³/mol. The summed E-state index contributed by atoms with van der Waals surface area (Å²) >= 11 is 0. The molecule has 2 amide bonds. The first-order valence-electron chi connectivity index (χ1n) is 7.77. The highest BCUT2D eigenvalue weighted by molar-refractivity contribution is 5.96. The third-order valence-electron chi connectivity index (χ3n) is 3.68. The molecular formula is C17H26N2O4. The molecule has 2 N–H and O–H groups in total. The number of hydrogen-bond donors (Lipinski definition) is 2. The zero-order valence-electron chi connectivity index (χ0n) is 14.5. The van der Waals surface area contributed by atoms with Gasteiger partial charge in [0.15, 0.2) is 11.5 Å². The lowest BCUT2D eigenvalue weighted by atomic mass is 9.90. The van der Waals surface area contributed by atoms with Crippen LogP contribution in [-0.4, -0.2) is 25.5 Å². The zero-order valence-corrected chi connectivity index (χ0v) is 14.5. The molecule has 0 heterocycles. The van der Waals surface area contributed by atoms with Crippen molar-refractivity contribution in [2.45, 2.75) is 40.5 Å². The van der Waals surface area contributed by atoms with Crippen molar-refractivity contribution in [1.29, 1.82) is 0 Å². The van der Waals surface area contributed by atoms with E-state index in [4.69, 9.17) is 9.47 Å². The normalized spacial score (nSPS) is 10.8. The quantitative estimate of drug-likeness (QED) is 0.757. The Balaban J connectivity index is 2.75. The molecule has 128 valence electrons. The van der Waals surface area contributed by atoms with Crippen LogP contribution >= 0.6 is 0 Å². The molecule has 0 saturated heterocycles. The molecule has 0 atom stereocenters. The first kappa shape index (κ1) is 18.8. The molecule has 0 spiro atoms. The summed E-state index contributed by atoms with van der Waals surface area (Å²) in [4.78, 5) is 24.1. The van der Waals surface area contributed by atoms with Crippen LogP contribution in [-0.2, 0) is 4.79 Å².